The third kappa shape index (κ3) is 4.81. The fourth-order valence-corrected chi connectivity index (χ4v) is 3.92. The van der Waals surface area contributed by atoms with Gasteiger partial charge in [-0.25, -0.2) is 4.79 Å². The molecule has 0 atom stereocenters. The second kappa shape index (κ2) is 9.84. The lowest BCUT2D eigenvalue weighted by molar-refractivity contribution is -0.114. The maximum absolute atomic E-state index is 12.2. The van der Waals surface area contributed by atoms with Crippen LogP contribution in [0.1, 0.15) is 36.0 Å². The van der Waals surface area contributed by atoms with Crippen LogP contribution in [0, 0.1) is 11.8 Å². The molecule has 32 heavy (non-hydrogen) atoms. The van der Waals surface area contributed by atoms with E-state index in [1.807, 2.05) is 42.5 Å². The highest BCUT2D eigenvalue weighted by molar-refractivity contribution is 5.90. The fourth-order valence-electron chi connectivity index (χ4n) is 3.92. The Morgan fingerprint density at radius 2 is 1.53 bits per heavy atom. The summed E-state index contributed by atoms with van der Waals surface area (Å²) in [5, 5.41) is 5.51. The van der Waals surface area contributed by atoms with Crippen LogP contribution in [0.5, 0.6) is 0 Å². The van der Waals surface area contributed by atoms with Gasteiger partial charge in [0.1, 0.15) is 6.61 Å². The van der Waals surface area contributed by atoms with E-state index in [0.717, 1.165) is 5.56 Å². The van der Waals surface area contributed by atoms with Crippen molar-refractivity contribution in [3.05, 3.63) is 89.5 Å². The summed E-state index contributed by atoms with van der Waals surface area (Å²) in [6.07, 6.45) is 0.0193. The van der Waals surface area contributed by atoms with Gasteiger partial charge in [-0.05, 0) is 34.4 Å². The maximum Gasteiger partial charge on any atom is 0.407 e. The van der Waals surface area contributed by atoms with Gasteiger partial charge in [0, 0.05) is 31.4 Å². The molecule has 5 heteroatoms. The van der Waals surface area contributed by atoms with Crippen molar-refractivity contribution in [2.75, 3.05) is 18.5 Å². The zero-order chi connectivity index (χ0) is 22.3. The molecule has 0 unspecified atom stereocenters. The monoisotopic (exact) mass is 424 g/mol. The van der Waals surface area contributed by atoms with Gasteiger partial charge in [0.25, 0.3) is 0 Å². The predicted molar refractivity (Wildman–Crippen MR) is 125 cm³/mol. The van der Waals surface area contributed by atoms with Crippen LogP contribution in [-0.4, -0.2) is 25.2 Å². The Balaban J connectivity index is 1.29. The minimum absolute atomic E-state index is 0.0400. The fraction of sp³-hybridized carbons (Fsp3) is 0.185. The van der Waals surface area contributed by atoms with Gasteiger partial charge >= 0.3 is 6.09 Å². The van der Waals surface area contributed by atoms with Crippen LogP contribution in [0.15, 0.2) is 72.8 Å². The molecule has 0 aliphatic heterocycles. The minimum Gasteiger partial charge on any atom is -0.449 e. The zero-order valence-electron chi connectivity index (χ0n) is 17.9. The summed E-state index contributed by atoms with van der Waals surface area (Å²) in [6.45, 7) is 2.13. The Morgan fingerprint density at radius 3 is 2.22 bits per heavy atom. The van der Waals surface area contributed by atoms with E-state index in [2.05, 4.69) is 46.7 Å². The largest absolute Gasteiger partial charge is 0.449 e. The molecule has 0 aromatic heterocycles. The molecule has 1 aliphatic carbocycles. The number of ether oxygens (including phenoxy) is 1. The number of hydrogen-bond acceptors (Lipinski definition) is 3. The van der Waals surface area contributed by atoms with E-state index < -0.39 is 6.09 Å². The van der Waals surface area contributed by atoms with Gasteiger partial charge in [-0.1, -0.05) is 72.5 Å². The Bertz CT molecular complexity index is 1160. The maximum atomic E-state index is 12.2. The predicted octanol–water partition coefficient (Wildman–Crippen LogP) is 4.93. The number of nitrogens with one attached hydrogen (secondary N) is 2. The van der Waals surface area contributed by atoms with E-state index in [1.54, 1.807) is 6.07 Å². The van der Waals surface area contributed by atoms with Gasteiger partial charge in [-0.15, -0.1) is 0 Å². The average Bonchev–Trinajstić information content (AvgIpc) is 3.12. The summed E-state index contributed by atoms with van der Waals surface area (Å²) < 4.78 is 5.52. The van der Waals surface area contributed by atoms with Crippen molar-refractivity contribution in [1.82, 2.24) is 5.32 Å². The number of amides is 2. The molecule has 1 aliphatic rings. The number of alkyl carbamates (subject to hydrolysis) is 1. The first-order valence-electron chi connectivity index (χ1n) is 10.6. The number of fused-ring (bicyclic) bond motifs is 3. The van der Waals surface area contributed by atoms with E-state index >= 15 is 0 Å². The number of carbonyl (C=O) groups excluding carboxylic acids is 2. The Kier molecular flexibility index (Phi) is 6.52. The molecule has 160 valence electrons. The summed E-state index contributed by atoms with van der Waals surface area (Å²) in [5.41, 5.74) is 6.19. The SMILES string of the molecule is CC(=O)Nc1ccccc1C#CCCNC(=O)OCC1c2ccccc2-c2ccccc21. The normalized spacial score (nSPS) is 11.5. The summed E-state index contributed by atoms with van der Waals surface area (Å²) in [4.78, 5) is 23.5. The Labute approximate surface area is 187 Å². The standard InChI is InChI=1S/C27H24N2O3/c1-19(30)29-26-16-7-2-10-20(26)11-8-9-17-28-27(31)32-18-25-23-14-5-3-12-21(23)22-13-4-6-15-24(22)25/h2-7,10,12-16,25H,9,17-18H2,1H3,(H,28,31)(H,29,30). The number of rotatable bonds is 5. The molecular weight excluding hydrogens is 400 g/mol. The van der Waals surface area contributed by atoms with E-state index in [9.17, 15) is 9.59 Å². The van der Waals surface area contributed by atoms with Gasteiger partial charge in [0.05, 0.1) is 5.69 Å². The van der Waals surface area contributed by atoms with Crippen LogP contribution in [0.2, 0.25) is 0 Å². The number of carbonyl (C=O) groups is 2. The third-order valence-corrected chi connectivity index (χ3v) is 5.32. The number of benzene rings is 3. The Hall–Kier alpha value is -4.04. The van der Waals surface area contributed by atoms with Crippen LogP contribution in [0.3, 0.4) is 0 Å². The molecular formula is C27H24N2O3. The van der Waals surface area contributed by atoms with Crippen LogP contribution in [-0.2, 0) is 9.53 Å². The number of para-hydroxylation sites is 1. The molecule has 3 aromatic rings. The molecule has 0 heterocycles. The Morgan fingerprint density at radius 1 is 0.906 bits per heavy atom. The molecule has 0 saturated carbocycles. The van der Waals surface area contributed by atoms with Gasteiger partial charge in [0.2, 0.25) is 5.91 Å². The molecule has 4 rings (SSSR count). The highest BCUT2D eigenvalue weighted by Gasteiger charge is 2.28. The highest BCUT2D eigenvalue weighted by Crippen LogP contribution is 2.44. The molecule has 0 radical (unpaired) electrons. The first-order chi connectivity index (χ1) is 15.6. The highest BCUT2D eigenvalue weighted by atomic mass is 16.5. The summed E-state index contributed by atoms with van der Waals surface area (Å²) in [5.74, 6) is 5.95. The molecule has 0 fully saturated rings. The number of anilines is 1. The van der Waals surface area contributed by atoms with Crippen LogP contribution >= 0.6 is 0 Å². The second-order valence-corrected chi connectivity index (χ2v) is 7.53. The van der Waals surface area contributed by atoms with Crippen LogP contribution in [0.4, 0.5) is 10.5 Å². The molecule has 2 N–H and O–H groups in total. The topological polar surface area (TPSA) is 67.4 Å². The molecule has 0 spiro atoms. The van der Waals surface area contributed by atoms with Gasteiger partial charge in [0.15, 0.2) is 0 Å². The van der Waals surface area contributed by atoms with E-state index in [0.29, 0.717) is 18.7 Å². The lowest BCUT2D eigenvalue weighted by Crippen LogP contribution is -2.26. The lowest BCUT2D eigenvalue weighted by atomic mass is 9.98. The van der Waals surface area contributed by atoms with E-state index in [-0.39, 0.29) is 18.4 Å². The summed E-state index contributed by atoms with van der Waals surface area (Å²) >= 11 is 0. The molecule has 2 amide bonds. The third-order valence-electron chi connectivity index (χ3n) is 5.32. The first-order valence-corrected chi connectivity index (χ1v) is 10.6. The molecule has 0 saturated heterocycles. The van der Waals surface area contributed by atoms with Gasteiger partial charge in [-0.3, -0.25) is 4.79 Å². The second-order valence-electron chi connectivity index (χ2n) is 7.53. The minimum atomic E-state index is -0.452. The van der Waals surface area contributed by atoms with Gasteiger partial charge in [-0.2, -0.15) is 0 Å². The molecule has 0 bridgehead atoms. The van der Waals surface area contributed by atoms with Crippen molar-refractivity contribution in [2.45, 2.75) is 19.3 Å². The molecule has 3 aromatic carbocycles. The summed E-state index contributed by atoms with van der Waals surface area (Å²) in [6, 6.07) is 23.8. The zero-order valence-corrected chi connectivity index (χ0v) is 17.9. The lowest BCUT2D eigenvalue weighted by Gasteiger charge is -2.14. The van der Waals surface area contributed by atoms with Crippen molar-refractivity contribution in [2.24, 2.45) is 0 Å². The first kappa shape index (κ1) is 21.2. The quantitative estimate of drug-likeness (QED) is 0.451. The van der Waals surface area contributed by atoms with Crippen molar-refractivity contribution in [3.8, 4) is 23.0 Å². The van der Waals surface area contributed by atoms with Crippen molar-refractivity contribution >= 4 is 17.7 Å². The smallest absolute Gasteiger partial charge is 0.407 e. The van der Waals surface area contributed by atoms with Crippen molar-refractivity contribution in [3.63, 3.8) is 0 Å². The van der Waals surface area contributed by atoms with Crippen LogP contribution < -0.4 is 10.6 Å². The van der Waals surface area contributed by atoms with Crippen LogP contribution in [0.25, 0.3) is 11.1 Å². The number of hydrogen-bond donors (Lipinski definition) is 2. The van der Waals surface area contributed by atoms with E-state index in [4.69, 9.17) is 4.74 Å². The van der Waals surface area contributed by atoms with Gasteiger partial charge < -0.3 is 15.4 Å². The van der Waals surface area contributed by atoms with Crippen molar-refractivity contribution in [1.29, 1.82) is 0 Å². The molecule has 5 nitrogen and oxygen atoms in total. The summed E-state index contributed by atoms with van der Waals surface area (Å²) in [7, 11) is 0. The average molecular weight is 425 g/mol. The van der Waals surface area contributed by atoms with E-state index in [1.165, 1.54) is 29.2 Å². The van der Waals surface area contributed by atoms with Crippen molar-refractivity contribution < 1.29 is 14.3 Å².